The van der Waals surface area contributed by atoms with Crippen LogP contribution in [0.1, 0.15) is 130 Å². The molecule has 26 heavy (non-hydrogen) atoms. The molecule has 2 heteroatoms. The first kappa shape index (κ1) is 41.8. The molecule has 0 radical (unpaired) electrons. The van der Waals surface area contributed by atoms with Gasteiger partial charge < -0.3 is 27.7 Å². The van der Waals surface area contributed by atoms with Crippen molar-refractivity contribution in [2.45, 2.75) is 130 Å². The molecule has 0 aliphatic rings. The molecule has 0 bridgehead atoms. The zero-order valence-corrected chi connectivity index (χ0v) is 22.9. The molecule has 0 aromatic rings. The van der Waals surface area contributed by atoms with E-state index < -0.39 is 0 Å². The van der Waals surface area contributed by atoms with E-state index in [0.29, 0.717) is 0 Å². The molecule has 0 nitrogen and oxygen atoms in total. The van der Waals surface area contributed by atoms with Crippen LogP contribution < -0.4 is 29.6 Å². The van der Waals surface area contributed by atoms with Crippen LogP contribution in [0.25, 0.3) is 0 Å². The third kappa shape index (κ3) is 83.9. The Bertz CT molecular complexity index is 92.2. The van der Waals surface area contributed by atoms with Crippen molar-refractivity contribution in [2.75, 3.05) is 0 Å². The molecule has 0 aliphatic heterocycles. The average molecular weight is 391 g/mol. The Morgan fingerprint density at radius 1 is 0.385 bits per heavy atom. The third-order valence-corrected chi connectivity index (χ3v) is 3.41. The van der Waals surface area contributed by atoms with Gasteiger partial charge in [0.05, 0.1) is 0 Å². The van der Waals surface area contributed by atoms with E-state index in [9.17, 15) is 0 Å². The van der Waals surface area contributed by atoms with Crippen molar-refractivity contribution in [3.05, 3.63) is 27.7 Å². The van der Waals surface area contributed by atoms with Crippen LogP contribution in [-0.4, -0.2) is 17.4 Å². The van der Waals surface area contributed by atoms with E-state index in [0.717, 1.165) is 25.7 Å². The predicted octanol–water partition coefficient (Wildman–Crippen LogP) is 6.23. The van der Waals surface area contributed by atoms with Gasteiger partial charge in [-0.25, -0.2) is 0 Å². The normalized spacial score (nSPS) is 8.31. The van der Waals surface area contributed by atoms with Gasteiger partial charge in [0, 0.05) is 0 Å². The van der Waals surface area contributed by atoms with Gasteiger partial charge in [0.25, 0.3) is 0 Å². The molecule has 0 heterocycles. The maximum Gasteiger partial charge on any atom is 3.00 e. The molecule has 0 amide bonds. The first-order valence-corrected chi connectivity index (χ1v) is 10.8. The van der Waals surface area contributed by atoms with Gasteiger partial charge in [-0.15, -0.1) is 0 Å². The molecule has 0 N–H and O–H groups in total. The standard InChI is InChI=1S/4C6H13.Al.Na/c4*1-3-5-6-4-2;;/h4*1,3-6H2,2H3;;/q4*-1;+3;+1. The number of unbranched alkanes of at least 4 members (excludes halogenated alkanes) is 12. The van der Waals surface area contributed by atoms with Crippen LogP contribution in [0.15, 0.2) is 0 Å². The molecule has 0 aliphatic carbocycles. The Morgan fingerprint density at radius 2 is 0.538 bits per heavy atom. The van der Waals surface area contributed by atoms with Gasteiger partial charge in [-0.1, -0.05) is 105 Å². The molecule has 0 saturated carbocycles. The van der Waals surface area contributed by atoms with Gasteiger partial charge in [-0.3, -0.25) is 0 Å². The first-order chi connectivity index (χ1) is 11.7. The van der Waals surface area contributed by atoms with Crippen LogP contribution in [0, 0.1) is 27.7 Å². The van der Waals surface area contributed by atoms with Crippen molar-refractivity contribution in [2.24, 2.45) is 0 Å². The third-order valence-electron chi connectivity index (χ3n) is 3.41. The second kappa shape index (κ2) is 56.3. The summed E-state index contributed by atoms with van der Waals surface area (Å²) in [6.07, 6.45) is 20.3. The fourth-order valence-corrected chi connectivity index (χ4v) is 1.71. The summed E-state index contributed by atoms with van der Waals surface area (Å²) in [7, 11) is 0. The van der Waals surface area contributed by atoms with E-state index in [-0.39, 0.29) is 46.9 Å². The zero-order valence-electron chi connectivity index (χ0n) is 19.7. The Morgan fingerprint density at radius 3 is 0.577 bits per heavy atom. The summed E-state index contributed by atoms with van der Waals surface area (Å²) in [4.78, 5) is 0. The second-order valence-electron chi connectivity index (χ2n) is 6.24. The van der Waals surface area contributed by atoms with Crippen LogP contribution in [0.2, 0.25) is 0 Å². The predicted molar refractivity (Wildman–Crippen MR) is 124 cm³/mol. The maximum atomic E-state index is 3.72. The van der Waals surface area contributed by atoms with Gasteiger partial charge in [0.2, 0.25) is 0 Å². The molecule has 0 aromatic heterocycles. The Kier molecular flexibility index (Phi) is 90.5. The fraction of sp³-hybridized carbons (Fsp3) is 0.833. The molecule has 0 unspecified atom stereocenters. The SMILES string of the molecule is [Al+3].[CH2-]CCCCC.[CH2-]CCCCC.[CH2-]CCCCC.[CH2-]CCCCC.[Na+]. The minimum atomic E-state index is 0. The monoisotopic (exact) mass is 390 g/mol. The Labute approximate surface area is 203 Å². The topological polar surface area (TPSA) is 0 Å². The second-order valence-corrected chi connectivity index (χ2v) is 6.24. The van der Waals surface area contributed by atoms with E-state index in [1.807, 2.05) is 0 Å². The summed E-state index contributed by atoms with van der Waals surface area (Å²) < 4.78 is 0. The summed E-state index contributed by atoms with van der Waals surface area (Å²) in [5.74, 6) is 0. The molecule has 0 rings (SSSR count). The van der Waals surface area contributed by atoms with Crippen LogP contribution in [0.5, 0.6) is 0 Å². The van der Waals surface area contributed by atoms with Crippen molar-refractivity contribution in [1.29, 1.82) is 0 Å². The molecule has 0 fully saturated rings. The van der Waals surface area contributed by atoms with Crippen molar-refractivity contribution < 1.29 is 29.6 Å². The van der Waals surface area contributed by atoms with E-state index in [2.05, 4.69) is 55.4 Å². The molecule has 0 spiro atoms. The molecule has 0 aromatic carbocycles. The van der Waals surface area contributed by atoms with E-state index >= 15 is 0 Å². The summed E-state index contributed by atoms with van der Waals surface area (Å²) in [6, 6.07) is 0. The van der Waals surface area contributed by atoms with E-state index in [1.54, 1.807) is 0 Å². The maximum absolute atomic E-state index is 3.72. The summed E-state index contributed by atoms with van der Waals surface area (Å²) in [5, 5.41) is 0. The quantitative estimate of drug-likeness (QED) is 0.211. The van der Waals surface area contributed by atoms with Crippen molar-refractivity contribution in [3.63, 3.8) is 0 Å². The summed E-state index contributed by atoms with van der Waals surface area (Å²) >= 11 is 0. The van der Waals surface area contributed by atoms with Crippen LogP contribution >= 0.6 is 0 Å². The zero-order chi connectivity index (χ0) is 19.3. The molecule has 0 saturated heterocycles. The van der Waals surface area contributed by atoms with Gasteiger partial charge in [0.15, 0.2) is 0 Å². The van der Waals surface area contributed by atoms with Crippen LogP contribution in [-0.2, 0) is 0 Å². The number of rotatable bonds is 12. The molecular formula is C24H52AlNa. The average Bonchev–Trinajstić information content (AvgIpc) is 2.62. The van der Waals surface area contributed by atoms with E-state index in [1.165, 1.54) is 77.0 Å². The molecular weight excluding hydrogens is 338 g/mol. The number of hydrogen-bond donors (Lipinski definition) is 0. The smallest absolute Gasteiger partial charge is 0.343 e. The van der Waals surface area contributed by atoms with Gasteiger partial charge >= 0.3 is 46.9 Å². The summed E-state index contributed by atoms with van der Waals surface area (Å²) in [5.41, 5.74) is 0. The van der Waals surface area contributed by atoms with Crippen LogP contribution in [0.4, 0.5) is 0 Å². The summed E-state index contributed by atoms with van der Waals surface area (Å²) in [6.45, 7) is 23.7. The van der Waals surface area contributed by atoms with Crippen molar-refractivity contribution in [3.8, 4) is 0 Å². The van der Waals surface area contributed by atoms with Gasteiger partial charge in [0.1, 0.15) is 0 Å². The van der Waals surface area contributed by atoms with Crippen molar-refractivity contribution >= 4 is 17.4 Å². The first-order valence-electron chi connectivity index (χ1n) is 10.8. The molecule has 152 valence electrons. The Balaban J connectivity index is -0.0000000500. The van der Waals surface area contributed by atoms with Gasteiger partial charge in [-0.2, -0.15) is 25.7 Å². The largest absolute Gasteiger partial charge is 3.00 e. The van der Waals surface area contributed by atoms with E-state index in [4.69, 9.17) is 0 Å². The minimum Gasteiger partial charge on any atom is -0.343 e. The minimum absolute atomic E-state index is 0. The van der Waals surface area contributed by atoms with Crippen molar-refractivity contribution in [1.82, 2.24) is 0 Å². The Hall–Kier alpha value is 1.53. The number of hydrogen-bond acceptors (Lipinski definition) is 0. The van der Waals surface area contributed by atoms with Crippen LogP contribution in [0.3, 0.4) is 0 Å². The molecule has 0 atom stereocenters. The van der Waals surface area contributed by atoms with Gasteiger partial charge in [-0.05, 0) is 0 Å². The fourth-order valence-electron chi connectivity index (χ4n) is 1.71.